The lowest BCUT2D eigenvalue weighted by atomic mass is 10.3. The van der Waals surface area contributed by atoms with Gasteiger partial charge in [-0.2, -0.15) is 0 Å². The van der Waals surface area contributed by atoms with Gasteiger partial charge in [0.2, 0.25) is 0 Å². The minimum atomic E-state index is 0.957. The van der Waals surface area contributed by atoms with Gasteiger partial charge < -0.3 is 0 Å². The Morgan fingerprint density at radius 3 is 2.91 bits per heavy atom. The summed E-state index contributed by atoms with van der Waals surface area (Å²) in [5.41, 5.74) is 2.95. The maximum atomic E-state index is 4.31. The summed E-state index contributed by atoms with van der Waals surface area (Å²) in [7, 11) is 0. The summed E-state index contributed by atoms with van der Waals surface area (Å²) < 4.78 is 0. The number of hydrogen-bond donors (Lipinski definition) is 0. The van der Waals surface area contributed by atoms with E-state index >= 15 is 0 Å². The fourth-order valence-corrected chi connectivity index (χ4v) is 1.06. The van der Waals surface area contributed by atoms with Crippen LogP contribution in [0.4, 0.5) is 0 Å². The van der Waals surface area contributed by atoms with E-state index in [1.165, 1.54) is 0 Å². The Kier molecular flexibility index (Phi) is 1.32. The molecule has 0 saturated carbocycles. The first-order valence-electron chi connectivity index (χ1n) is 3.55. The third-order valence-electron chi connectivity index (χ3n) is 1.60. The molecule has 2 heteroatoms. The Hall–Kier alpha value is -1.44. The van der Waals surface area contributed by atoms with Crippen LogP contribution in [0.25, 0.3) is 11.0 Å². The highest BCUT2D eigenvalue weighted by Crippen LogP contribution is 2.07. The van der Waals surface area contributed by atoms with Gasteiger partial charge in [-0.1, -0.05) is 0 Å². The van der Waals surface area contributed by atoms with E-state index < -0.39 is 0 Å². The predicted octanol–water partition coefficient (Wildman–Crippen LogP) is 1.94. The molecule has 2 nitrogen and oxygen atoms in total. The highest BCUT2D eigenvalue weighted by Gasteiger charge is 1.92. The lowest BCUT2D eigenvalue weighted by Crippen LogP contribution is -1.83. The molecule has 0 bridgehead atoms. The Morgan fingerprint density at radius 2 is 2.00 bits per heavy atom. The highest BCUT2D eigenvalue weighted by atomic mass is 14.7. The van der Waals surface area contributed by atoms with E-state index in [0.717, 1.165) is 16.7 Å². The van der Waals surface area contributed by atoms with Crippen molar-refractivity contribution in [3.63, 3.8) is 0 Å². The van der Waals surface area contributed by atoms with Crippen molar-refractivity contribution in [3.8, 4) is 0 Å². The van der Waals surface area contributed by atoms with Gasteiger partial charge in [0.15, 0.2) is 0 Å². The summed E-state index contributed by atoms with van der Waals surface area (Å²) in [5.74, 6) is 0. The number of hydrogen-bond acceptors (Lipinski definition) is 2. The molecule has 0 N–H and O–H groups in total. The third kappa shape index (κ3) is 1.07. The lowest BCUT2D eigenvalue weighted by Gasteiger charge is -1.95. The topological polar surface area (TPSA) is 25.8 Å². The summed E-state index contributed by atoms with van der Waals surface area (Å²) >= 11 is 0. The van der Waals surface area contributed by atoms with E-state index in [0.29, 0.717) is 0 Å². The summed E-state index contributed by atoms with van der Waals surface area (Å²) in [4.78, 5) is 8.47. The smallest absolute Gasteiger partial charge is 0.0889 e. The molecule has 0 aromatic carbocycles. The Balaban J connectivity index is 2.83. The molecule has 0 atom stereocenters. The lowest BCUT2D eigenvalue weighted by molar-refractivity contribution is 1.24. The first-order chi connectivity index (χ1) is 5.36. The van der Waals surface area contributed by atoms with Crippen molar-refractivity contribution >= 4 is 11.0 Å². The van der Waals surface area contributed by atoms with Crippen molar-refractivity contribution in [1.29, 1.82) is 0 Å². The summed E-state index contributed by atoms with van der Waals surface area (Å²) in [6.07, 6.45) is 1.78. The summed E-state index contributed by atoms with van der Waals surface area (Å²) in [5, 5.41) is 0. The molecule has 0 aliphatic heterocycles. The SMILES string of the molecule is Cc1ccc2ncccc2n1. The number of aromatic nitrogens is 2. The van der Waals surface area contributed by atoms with Gasteiger partial charge in [0.1, 0.15) is 0 Å². The fourth-order valence-electron chi connectivity index (χ4n) is 1.06. The van der Waals surface area contributed by atoms with Gasteiger partial charge in [0, 0.05) is 11.9 Å². The van der Waals surface area contributed by atoms with Gasteiger partial charge in [0.05, 0.1) is 11.0 Å². The molecule has 0 aliphatic rings. The molecule has 0 spiro atoms. The first kappa shape index (κ1) is 6.28. The number of nitrogens with zero attached hydrogens (tertiary/aromatic N) is 2. The Morgan fingerprint density at radius 1 is 1.09 bits per heavy atom. The standard InChI is InChI=1S/C9H8N2/c1-7-4-5-8-9(11-7)3-2-6-10-8/h2-6H,1H3. The molecule has 2 rings (SSSR count). The molecule has 0 unspecified atom stereocenters. The average molecular weight is 144 g/mol. The van der Waals surface area contributed by atoms with Crippen LogP contribution in [-0.2, 0) is 0 Å². The molecular weight excluding hydrogens is 136 g/mol. The van der Waals surface area contributed by atoms with Crippen LogP contribution in [0.15, 0.2) is 30.5 Å². The molecule has 2 aromatic heterocycles. The van der Waals surface area contributed by atoms with Crippen molar-refractivity contribution in [3.05, 3.63) is 36.2 Å². The van der Waals surface area contributed by atoms with Gasteiger partial charge >= 0.3 is 0 Å². The normalized spacial score (nSPS) is 10.3. The van der Waals surface area contributed by atoms with Gasteiger partial charge in [0.25, 0.3) is 0 Å². The van der Waals surface area contributed by atoms with Gasteiger partial charge in [-0.25, -0.2) is 0 Å². The van der Waals surface area contributed by atoms with Crippen molar-refractivity contribution in [1.82, 2.24) is 9.97 Å². The van der Waals surface area contributed by atoms with Crippen LogP contribution in [0.5, 0.6) is 0 Å². The van der Waals surface area contributed by atoms with Crippen molar-refractivity contribution in [2.75, 3.05) is 0 Å². The number of pyridine rings is 2. The molecule has 0 fully saturated rings. The van der Waals surface area contributed by atoms with Gasteiger partial charge in [-0.15, -0.1) is 0 Å². The molecule has 0 aliphatic carbocycles. The second-order valence-electron chi connectivity index (χ2n) is 2.49. The van der Waals surface area contributed by atoms with E-state index in [1.807, 2.05) is 31.2 Å². The van der Waals surface area contributed by atoms with Crippen LogP contribution in [0.3, 0.4) is 0 Å². The van der Waals surface area contributed by atoms with Gasteiger partial charge in [-0.05, 0) is 31.2 Å². The second-order valence-corrected chi connectivity index (χ2v) is 2.49. The van der Waals surface area contributed by atoms with E-state index in [4.69, 9.17) is 0 Å². The Labute approximate surface area is 64.9 Å². The molecule has 54 valence electrons. The highest BCUT2D eigenvalue weighted by molar-refractivity contribution is 5.73. The summed E-state index contributed by atoms with van der Waals surface area (Å²) in [6.45, 7) is 1.98. The maximum Gasteiger partial charge on any atom is 0.0889 e. The van der Waals surface area contributed by atoms with E-state index in [9.17, 15) is 0 Å². The van der Waals surface area contributed by atoms with Gasteiger partial charge in [-0.3, -0.25) is 9.97 Å². The van der Waals surface area contributed by atoms with Crippen LogP contribution < -0.4 is 0 Å². The van der Waals surface area contributed by atoms with Crippen LogP contribution in [-0.4, -0.2) is 9.97 Å². The molecule has 0 amide bonds. The number of aryl methyl sites for hydroxylation is 1. The third-order valence-corrected chi connectivity index (χ3v) is 1.60. The maximum absolute atomic E-state index is 4.31. The van der Waals surface area contributed by atoms with E-state index in [2.05, 4.69) is 9.97 Å². The van der Waals surface area contributed by atoms with Crippen LogP contribution in [0, 0.1) is 6.92 Å². The summed E-state index contributed by atoms with van der Waals surface area (Å²) in [6, 6.07) is 7.82. The van der Waals surface area contributed by atoms with Crippen molar-refractivity contribution < 1.29 is 0 Å². The van der Waals surface area contributed by atoms with Crippen LogP contribution in [0.1, 0.15) is 5.69 Å². The van der Waals surface area contributed by atoms with Crippen LogP contribution >= 0.6 is 0 Å². The first-order valence-corrected chi connectivity index (χ1v) is 3.55. The zero-order chi connectivity index (χ0) is 7.68. The fraction of sp³-hybridized carbons (Fsp3) is 0.111. The Bertz CT molecular complexity index is 382. The number of fused-ring (bicyclic) bond motifs is 1. The van der Waals surface area contributed by atoms with E-state index in [1.54, 1.807) is 6.20 Å². The molecule has 2 aromatic rings. The molecule has 0 radical (unpaired) electrons. The van der Waals surface area contributed by atoms with Crippen molar-refractivity contribution in [2.24, 2.45) is 0 Å². The monoisotopic (exact) mass is 144 g/mol. The molecular formula is C9H8N2. The minimum Gasteiger partial charge on any atom is -0.255 e. The quantitative estimate of drug-likeness (QED) is 0.564. The van der Waals surface area contributed by atoms with E-state index in [-0.39, 0.29) is 0 Å². The largest absolute Gasteiger partial charge is 0.255 e. The molecule has 2 heterocycles. The van der Waals surface area contributed by atoms with Crippen molar-refractivity contribution in [2.45, 2.75) is 6.92 Å². The second kappa shape index (κ2) is 2.31. The average Bonchev–Trinajstić information content (AvgIpc) is 2.04. The van der Waals surface area contributed by atoms with Crippen LogP contribution in [0.2, 0.25) is 0 Å². The molecule has 0 saturated heterocycles. The minimum absolute atomic E-state index is 0.957. The zero-order valence-corrected chi connectivity index (χ0v) is 6.28. The molecule has 11 heavy (non-hydrogen) atoms. The zero-order valence-electron chi connectivity index (χ0n) is 6.28. The predicted molar refractivity (Wildman–Crippen MR) is 44.3 cm³/mol. The number of rotatable bonds is 0.